The third-order valence-corrected chi connectivity index (χ3v) is 2.97. The lowest BCUT2D eigenvalue weighted by Crippen LogP contribution is -2.47. The van der Waals surface area contributed by atoms with Crippen molar-refractivity contribution in [3.63, 3.8) is 0 Å². The first-order chi connectivity index (χ1) is 7.15. The Morgan fingerprint density at radius 2 is 1.87 bits per heavy atom. The maximum atomic E-state index is 11.4. The lowest BCUT2D eigenvalue weighted by molar-refractivity contribution is -0.139. The predicted molar refractivity (Wildman–Crippen MR) is 58.2 cm³/mol. The fraction of sp³-hybridized carbons (Fsp3) is 0.818. The first-order valence-electron chi connectivity index (χ1n) is 5.73. The Hall–Kier alpha value is -1.06. The van der Waals surface area contributed by atoms with Gasteiger partial charge in [0.1, 0.15) is 0 Å². The van der Waals surface area contributed by atoms with Crippen LogP contribution >= 0.6 is 0 Å². The summed E-state index contributed by atoms with van der Waals surface area (Å²) in [5.41, 5.74) is 0. The Bertz CT molecular complexity index is 241. The molecular weight excluding hydrogens is 192 g/mol. The Labute approximate surface area is 90.8 Å². The fourth-order valence-electron chi connectivity index (χ4n) is 2.01. The Balaban J connectivity index is 2.39. The smallest absolute Gasteiger partial charge is 0.309 e. The van der Waals surface area contributed by atoms with Gasteiger partial charge in [-0.25, -0.2) is 0 Å². The summed E-state index contributed by atoms with van der Waals surface area (Å²) in [4.78, 5) is 22.6. The van der Waals surface area contributed by atoms with Gasteiger partial charge in [-0.2, -0.15) is 0 Å². The van der Waals surface area contributed by atoms with E-state index in [0.29, 0.717) is 12.5 Å². The van der Waals surface area contributed by atoms with Crippen molar-refractivity contribution in [3.05, 3.63) is 0 Å². The molecule has 1 aliphatic rings. The number of likely N-dealkylation sites (N-methyl/N-ethyl adjacent to an activating group) is 1. The van der Waals surface area contributed by atoms with Gasteiger partial charge in [-0.1, -0.05) is 19.8 Å². The van der Waals surface area contributed by atoms with Crippen molar-refractivity contribution >= 4 is 11.8 Å². The zero-order valence-electron chi connectivity index (χ0n) is 9.51. The van der Waals surface area contributed by atoms with Crippen molar-refractivity contribution in [2.45, 2.75) is 45.6 Å². The summed E-state index contributed by atoms with van der Waals surface area (Å²) < 4.78 is 0. The number of hydrogen-bond acceptors (Lipinski definition) is 2. The van der Waals surface area contributed by atoms with Gasteiger partial charge < -0.3 is 10.6 Å². The number of rotatable bonds is 2. The van der Waals surface area contributed by atoms with Crippen LogP contribution in [0.2, 0.25) is 0 Å². The quantitative estimate of drug-likeness (QED) is 0.666. The van der Waals surface area contributed by atoms with E-state index in [0.717, 1.165) is 19.3 Å². The van der Waals surface area contributed by atoms with Gasteiger partial charge in [0.25, 0.3) is 0 Å². The molecule has 1 fully saturated rings. The first kappa shape index (κ1) is 12.0. The van der Waals surface area contributed by atoms with Gasteiger partial charge in [-0.3, -0.25) is 9.59 Å². The fourth-order valence-corrected chi connectivity index (χ4v) is 2.01. The zero-order chi connectivity index (χ0) is 11.3. The van der Waals surface area contributed by atoms with Crippen LogP contribution in [-0.4, -0.2) is 24.4 Å². The van der Waals surface area contributed by atoms with E-state index in [9.17, 15) is 9.59 Å². The molecule has 0 spiro atoms. The van der Waals surface area contributed by atoms with Gasteiger partial charge in [-0.05, 0) is 25.7 Å². The third-order valence-electron chi connectivity index (χ3n) is 2.97. The third kappa shape index (κ3) is 3.53. The minimum Gasteiger partial charge on any atom is -0.348 e. The molecule has 4 nitrogen and oxygen atoms in total. The molecule has 86 valence electrons. The highest BCUT2D eigenvalue weighted by Crippen LogP contribution is 2.23. The van der Waals surface area contributed by atoms with Crippen molar-refractivity contribution in [1.29, 1.82) is 0 Å². The van der Waals surface area contributed by atoms with Gasteiger partial charge in [0.2, 0.25) is 0 Å². The number of amides is 2. The van der Waals surface area contributed by atoms with E-state index in [-0.39, 0.29) is 6.04 Å². The summed E-state index contributed by atoms with van der Waals surface area (Å²) in [6, 6.07) is 0.175. The van der Waals surface area contributed by atoms with Crippen molar-refractivity contribution in [3.8, 4) is 0 Å². The molecule has 2 amide bonds. The highest BCUT2D eigenvalue weighted by molar-refractivity contribution is 6.35. The van der Waals surface area contributed by atoms with E-state index >= 15 is 0 Å². The van der Waals surface area contributed by atoms with Crippen LogP contribution in [0.15, 0.2) is 0 Å². The molecule has 0 bridgehead atoms. The van der Waals surface area contributed by atoms with E-state index in [1.807, 2.05) is 0 Å². The molecule has 2 atom stereocenters. The Kier molecular flexibility index (Phi) is 4.59. The topological polar surface area (TPSA) is 58.2 Å². The minimum absolute atomic E-state index is 0.175. The van der Waals surface area contributed by atoms with Crippen LogP contribution in [0.25, 0.3) is 0 Å². The van der Waals surface area contributed by atoms with Gasteiger partial charge in [0, 0.05) is 12.6 Å². The molecule has 1 rings (SSSR count). The second-order valence-corrected chi connectivity index (χ2v) is 4.20. The van der Waals surface area contributed by atoms with Crippen molar-refractivity contribution in [1.82, 2.24) is 10.6 Å². The molecule has 0 aliphatic heterocycles. The van der Waals surface area contributed by atoms with Gasteiger partial charge >= 0.3 is 11.8 Å². The molecule has 4 heteroatoms. The van der Waals surface area contributed by atoms with Gasteiger partial charge in [-0.15, -0.1) is 0 Å². The van der Waals surface area contributed by atoms with Crippen LogP contribution in [0.1, 0.15) is 39.5 Å². The number of carbonyl (C=O) groups excluding carboxylic acids is 2. The van der Waals surface area contributed by atoms with Crippen LogP contribution in [0, 0.1) is 5.92 Å². The standard InChI is InChI=1S/C11H20N2O2/c1-3-12-10(14)11(15)13-9-7-5-4-6-8(9)2/h8-9H,3-7H2,1-2H3,(H,12,14)(H,13,15)/t8-,9-/m0/s1. The monoisotopic (exact) mass is 212 g/mol. The normalized spacial score (nSPS) is 25.7. The molecule has 2 N–H and O–H groups in total. The maximum absolute atomic E-state index is 11.4. The molecular formula is C11H20N2O2. The van der Waals surface area contributed by atoms with Crippen molar-refractivity contribution < 1.29 is 9.59 Å². The predicted octanol–water partition coefficient (Wildman–Crippen LogP) is 0.817. The minimum atomic E-state index is -0.518. The van der Waals surface area contributed by atoms with Crippen LogP contribution in [0.5, 0.6) is 0 Å². The van der Waals surface area contributed by atoms with Crippen LogP contribution < -0.4 is 10.6 Å². The molecule has 1 saturated carbocycles. The Morgan fingerprint density at radius 1 is 1.20 bits per heavy atom. The molecule has 0 aromatic heterocycles. The maximum Gasteiger partial charge on any atom is 0.309 e. The lowest BCUT2D eigenvalue weighted by Gasteiger charge is -2.29. The van der Waals surface area contributed by atoms with E-state index < -0.39 is 11.8 Å². The van der Waals surface area contributed by atoms with Crippen LogP contribution in [0.4, 0.5) is 0 Å². The summed E-state index contributed by atoms with van der Waals surface area (Å²) >= 11 is 0. The Morgan fingerprint density at radius 3 is 2.47 bits per heavy atom. The van der Waals surface area contributed by atoms with Crippen molar-refractivity contribution in [2.75, 3.05) is 6.54 Å². The molecule has 1 aliphatic carbocycles. The van der Waals surface area contributed by atoms with Crippen LogP contribution in [0.3, 0.4) is 0 Å². The molecule has 0 saturated heterocycles. The number of carbonyl (C=O) groups is 2. The largest absolute Gasteiger partial charge is 0.348 e. The molecule has 15 heavy (non-hydrogen) atoms. The van der Waals surface area contributed by atoms with Gasteiger partial charge in [0.05, 0.1) is 0 Å². The SMILES string of the molecule is CCNC(=O)C(=O)N[C@H]1CCCC[C@@H]1C. The summed E-state index contributed by atoms with van der Waals surface area (Å²) in [5, 5.41) is 5.30. The van der Waals surface area contributed by atoms with E-state index in [1.54, 1.807) is 6.92 Å². The van der Waals surface area contributed by atoms with Crippen LogP contribution in [-0.2, 0) is 9.59 Å². The van der Waals surface area contributed by atoms with E-state index in [1.165, 1.54) is 6.42 Å². The summed E-state index contributed by atoms with van der Waals surface area (Å²) in [6.45, 7) is 4.42. The second-order valence-electron chi connectivity index (χ2n) is 4.20. The molecule has 0 aromatic rings. The highest BCUT2D eigenvalue weighted by Gasteiger charge is 2.24. The van der Waals surface area contributed by atoms with Gasteiger partial charge in [0.15, 0.2) is 0 Å². The summed E-state index contributed by atoms with van der Waals surface area (Å²) in [5.74, 6) is -0.525. The average Bonchev–Trinajstić information content (AvgIpc) is 2.21. The molecule has 0 radical (unpaired) electrons. The number of nitrogens with one attached hydrogen (secondary N) is 2. The zero-order valence-corrected chi connectivity index (χ0v) is 9.51. The molecule has 0 unspecified atom stereocenters. The lowest BCUT2D eigenvalue weighted by atomic mass is 9.86. The molecule has 0 aromatic carbocycles. The number of hydrogen-bond donors (Lipinski definition) is 2. The summed E-state index contributed by atoms with van der Waals surface area (Å²) in [7, 11) is 0. The van der Waals surface area contributed by atoms with Crippen molar-refractivity contribution in [2.24, 2.45) is 5.92 Å². The first-order valence-corrected chi connectivity index (χ1v) is 5.73. The van der Waals surface area contributed by atoms with E-state index in [4.69, 9.17) is 0 Å². The second kappa shape index (κ2) is 5.73. The average molecular weight is 212 g/mol. The summed E-state index contributed by atoms with van der Waals surface area (Å²) in [6.07, 6.45) is 4.51. The highest BCUT2D eigenvalue weighted by atomic mass is 16.2. The molecule has 0 heterocycles. The van der Waals surface area contributed by atoms with E-state index in [2.05, 4.69) is 17.6 Å².